The maximum absolute atomic E-state index is 12.6. The summed E-state index contributed by atoms with van der Waals surface area (Å²) in [6.45, 7) is 4.33. The average Bonchev–Trinajstić information content (AvgIpc) is 2.86. The minimum Gasteiger partial charge on any atom is -0.493 e. The number of aryl methyl sites for hydroxylation is 1. The van der Waals surface area contributed by atoms with E-state index in [0.717, 1.165) is 16.5 Å². The van der Waals surface area contributed by atoms with E-state index in [9.17, 15) is 9.59 Å². The summed E-state index contributed by atoms with van der Waals surface area (Å²) in [6.07, 6.45) is 2.31. The van der Waals surface area contributed by atoms with Gasteiger partial charge in [-0.15, -0.1) is 0 Å². The van der Waals surface area contributed by atoms with Crippen molar-refractivity contribution in [1.29, 1.82) is 0 Å². The van der Waals surface area contributed by atoms with E-state index in [-0.39, 0.29) is 12.5 Å². The summed E-state index contributed by atoms with van der Waals surface area (Å²) in [5, 5.41) is 6.86. The molecule has 0 spiro atoms. The van der Waals surface area contributed by atoms with Crippen molar-refractivity contribution >= 4 is 39.6 Å². The molecule has 0 aliphatic carbocycles. The smallest absolute Gasteiger partial charge is 0.271 e. The number of carbonyl (C=O) groups excluding carboxylic acids is 2. The van der Waals surface area contributed by atoms with Gasteiger partial charge in [0.1, 0.15) is 5.75 Å². The van der Waals surface area contributed by atoms with E-state index in [4.69, 9.17) is 14.2 Å². The summed E-state index contributed by atoms with van der Waals surface area (Å²) < 4.78 is 17.4. The minimum atomic E-state index is -0.415. The Morgan fingerprint density at radius 1 is 1.00 bits per heavy atom. The van der Waals surface area contributed by atoms with Crippen molar-refractivity contribution in [3.05, 3.63) is 81.8 Å². The average molecular weight is 554 g/mol. The lowest BCUT2D eigenvalue weighted by molar-refractivity contribution is -0.118. The van der Waals surface area contributed by atoms with Crippen molar-refractivity contribution in [3.63, 3.8) is 0 Å². The normalized spacial score (nSPS) is 10.7. The predicted molar refractivity (Wildman–Crippen MR) is 143 cm³/mol. The first-order valence-electron chi connectivity index (χ1n) is 11.3. The van der Waals surface area contributed by atoms with Crippen LogP contribution in [0.15, 0.2) is 70.2 Å². The van der Waals surface area contributed by atoms with Crippen LogP contribution in [-0.4, -0.2) is 38.4 Å². The molecule has 0 aromatic heterocycles. The first-order chi connectivity index (χ1) is 17.4. The van der Waals surface area contributed by atoms with Crippen molar-refractivity contribution in [3.8, 4) is 17.2 Å². The van der Waals surface area contributed by atoms with Gasteiger partial charge in [0, 0.05) is 21.3 Å². The molecule has 0 radical (unpaired) electrons. The van der Waals surface area contributed by atoms with Crippen molar-refractivity contribution in [2.24, 2.45) is 5.10 Å². The second kappa shape index (κ2) is 13.3. The maximum atomic E-state index is 12.6. The number of anilines is 1. The van der Waals surface area contributed by atoms with E-state index >= 15 is 0 Å². The van der Waals surface area contributed by atoms with Gasteiger partial charge in [-0.05, 0) is 67.4 Å². The summed E-state index contributed by atoms with van der Waals surface area (Å²) in [5.41, 5.74) is 5.18. The number of nitrogens with zero attached hydrogens (tertiary/aromatic N) is 1. The fourth-order valence-corrected chi connectivity index (χ4v) is 3.56. The second-order valence-electron chi connectivity index (χ2n) is 7.80. The Labute approximate surface area is 218 Å². The highest BCUT2D eigenvalue weighted by atomic mass is 79.9. The van der Waals surface area contributed by atoms with Gasteiger partial charge < -0.3 is 19.5 Å². The molecule has 0 fully saturated rings. The van der Waals surface area contributed by atoms with Crippen LogP contribution in [0.5, 0.6) is 17.2 Å². The van der Waals surface area contributed by atoms with Crippen molar-refractivity contribution in [2.75, 3.05) is 25.6 Å². The topological polar surface area (TPSA) is 98.3 Å². The summed E-state index contributed by atoms with van der Waals surface area (Å²) in [5.74, 6) is 0.768. The van der Waals surface area contributed by atoms with Crippen LogP contribution in [0, 0.1) is 6.92 Å². The Hall–Kier alpha value is -3.85. The highest BCUT2D eigenvalue weighted by molar-refractivity contribution is 9.10. The summed E-state index contributed by atoms with van der Waals surface area (Å²) >= 11 is 3.42. The largest absolute Gasteiger partial charge is 0.493 e. The summed E-state index contributed by atoms with van der Waals surface area (Å²) in [7, 11) is 1.52. The Balaban J connectivity index is 1.63. The Morgan fingerprint density at radius 2 is 1.81 bits per heavy atom. The molecule has 3 rings (SSSR count). The first-order valence-corrected chi connectivity index (χ1v) is 12.1. The molecule has 0 saturated carbocycles. The highest BCUT2D eigenvalue weighted by Gasteiger charge is 2.11. The van der Waals surface area contributed by atoms with Gasteiger partial charge in [0.15, 0.2) is 18.1 Å². The van der Waals surface area contributed by atoms with Crippen LogP contribution < -0.4 is 25.0 Å². The van der Waals surface area contributed by atoms with Gasteiger partial charge in [-0.25, -0.2) is 5.43 Å². The Kier molecular flexibility index (Phi) is 9.88. The Bertz CT molecular complexity index is 1250. The monoisotopic (exact) mass is 553 g/mol. The van der Waals surface area contributed by atoms with Crippen molar-refractivity contribution < 1.29 is 23.8 Å². The molecule has 0 saturated heterocycles. The van der Waals surface area contributed by atoms with Gasteiger partial charge in [0.05, 0.1) is 19.9 Å². The van der Waals surface area contributed by atoms with Crippen LogP contribution in [-0.2, 0) is 4.79 Å². The number of hydrogen-bond acceptors (Lipinski definition) is 6. The van der Waals surface area contributed by atoms with Crippen LogP contribution in [0.4, 0.5) is 5.69 Å². The van der Waals surface area contributed by atoms with Gasteiger partial charge in [0.2, 0.25) is 0 Å². The number of benzene rings is 3. The van der Waals surface area contributed by atoms with E-state index in [1.807, 2.05) is 38.1 Å². The minimum absolute atomic E-state index is 0.185. The van der Waals surface area contributed by atoms with E-state index in [0.29, 0.717) is 40.7 Å². The molecule has 8 nitrogen and oxygen atoms in total. The van der Waals surface area contributed by atoms with E-state index in [1.165, 1.54) is 13.3 Å². The standard InChI is InChI=1S/C27H28BrN3O5/c1-4-12-35-24-10-8-19(15-25(24)34-3)27(33)31-29-16-20-14-21(28)9-11-23(20)36-17-26(32)30-22-7-5-6-18(2)13-22/h5-11,13-16H,4,12,17H2,1-3H3,(H,30,32)(H,31,33)/b29-16+. The number of hydrogen-bond donors (Lipinski definition) is 2. The molecule has 188 valence electrons. The zero-order chi connectivity index (χ0) is 25.9. The molecule has 2 amide bonds. The van der Waals surface area contributed by atoms with E-state index in [2.05, 4.69) is 31.8 Å². The second-order valence-corrected chi connectivity index (χ2v) is 8.72. The lowest BCUT2D eigenvalue weighted by Crippen LogP contribution is -2.20. The molecule has 0 aliphatic rings. The maximum Gasteiger partial charge on any atom is 0.271 e. The predicted octanol–water partition coefficient (Wildman–Crippen LogP) is 5.34. The molecule has 3 aromatic carbocycles. The molecule has 0 atom stereocenters. The molecule has 36 heavy (non-hydrogen) atoms. The molecule has 0 unspecified atom stereocenters. The number of hydrazone groups is 1. The zero-order valence-electron chi connectivity index (χ0n) is 20.3. The molecular weight excluding hydrogens is 526 g/mol. The van der Waals surface area contributed by atoms with Gasteiger partial charge in [-0.3, -0.25) is 9.59 Å². The van der Waals surface area contributed by atoms with Crippen LogP contribution in [0.2, 0.25) is 0 Å². The van der Waals surface area contributed by atoms with Crippen molar-refractivity contribution in [1.82, 2.24) is 5.43 Å². The van der Waals surface area contributed by atoms with Crippen LogP contribution >= 0.6 is 15.9 Å². The summed E-state index contributed by atoms with van der Waals surface area (Å²) in [4.78, 5) is 24.9. The third-order valence-electron chi connectivity index (χ3n) is 4.89. The molecule has 2 N–H and O–H groups in total. The number of methoxy groups -OCH3 is 1. The third-order valence-corrected chi connectivity index (χ3v) is 5.38. The molecule has 9 heteroatoms. The van der Waals surface area contributed by atoms with Crippen LogP contribution in [0.1, 0.15) is 34.8 Å². The van der Waals surface area contributed by atoms with E-state index < -0.39 is 5.91 Å². The number of nitrogens with one attached hydrogen (secondary N) is 2. The lowest BCUT2D eigenvalue weighted by atomic mass is 10.2. The van der Waals surface area contributed by atoms with Crippen molar-refractivity contribution in [2.45, 2.75) is 20.3 Å². The Morgan fingerprint density at radius 3 is 2.56 bits per heavy atom. The number of rotatable bonds is 11. The van der Waals surface area contributed by atoms with Gasteiger partial charge in [0.25, 0.3) is 11.8 Å². The zero-order valence-corrected chi connectivity index (χ0v) is 21.9. The SMILES string of the molecule is CCCOc1ccc(C(=O)N/N=C/c2cc(Br)ccc2OCC(=O)Nc2cccc(C)c2)cc1OC. The summed E-state index contributed by atoms with van der Waals surface area (Å²) in [6, 6.07) is 17.7. The molecule has 0 aliphatic heterocycles. The van der Waals surface area contributed by atoms with Crippen LogP contribution in [0.3, 0.4) is 0 Å². The van der Waals surface area contributed by atoms with E-state index in [1.54, 1.807) is 36.4 Å². The third kappa shape index (κ3) is 7.84. The number of amides is 2. The fraction of sp³-hybridized carbons (Fsp3) is 0.222. The van der Waals surface area contributed by atoms with Gasteiger partial charge in [-0.1, -0.05) is 35.0 Å². The lowest BCUT2D eigenvalue weighted by Gasteiger charge is -2.11. The number of carbonyl (C=O) groups is 2. The fourth-order valence-electron chi connectivity index (χ4n) is 3.18. The molecule has 0 heterocycles. The molecular formula is C27H28BrN3O5. The first kappa shape index (κ1) is 26.7. The molecule has 3 aromatic rings. The quantitative estimate of drug-likeness (QED) is 0.247. The van der Waals surface area contributed by atoms with Gasteiger partial charge in [-0.2, -0.15) is 5.10 Å². The van der Waals surface area contributed by atoms with Crippen LogP contribution in [0.25, 0.3) is 0 Å². The number of halogens is 1. The highest BCUT2D eigenvalue weighted by Crippen LogP contribution is 2.28. The molecule has 0 bridgehead atoms. The number of ether oxygens (including phenoxy) is 3. The van der Waals surface area contributed by atoms with Gasteiger partial charge >= 0.3 is 0 Å².